The molecule has 17 heavy (non-hydrogen) atoms. The molecule has 3 unspecified atom stereocenters. The molecular weight excluding hydrogens is 214 g/mol. The summed E-state index contributed by atoms with van der Waals surface area (Å²) in [6, 6.07) is 0.478. The minimum Gasteiger partial charge on any atom is -0.373 e. The van der Waals surface area contributed by atoms with Gasteiger partial charge in [-0.15, -0.1) is 0 Å². The number of guanidine groups is 1. The number of ether oxygens (including phenoxy) is 1. The minimum absolute atomic E-state index is 0.421. The van der Waals surface area contributed by atoms with Crippen LogP contribution in [-0.2, 0) is 4.74 Å². The molecule has 3 fully saturated rings. The van der Waals surface area contributed by atoms with Gasteiger partial charge in [0.15, 0.2) is 5.96 Å². The summed E-state index contributed by atoms with van der Waals surface area (Å²) in [5.41, 5.74) is 0. The molecule has 3 rings (SSSR count). The van der Waals surface area contributed by atoms with E-state index in [-0.39, 0.29) is 0 Å². The van der Waals surface area contributed by atoms with Crippen molar-refractivity contribution in [1.29, 1.82) is 0 Å². The highest BCUT2D eigenvalue weighted by molar-refractivity contribution is 5.80. The fraction of sp³-hybridized carbons (Fsp3) is 0.923. The molecule has 0 amide bonds. The van der Waals surface area contributed by atoms with Gasteiger partial charge < -0.3 is 15.4 Å². The van der Waals surface area contributed by atoms with Crippen molar-refractivity contribution in [1.82, 2.24) is 10.6 Å². The van der Waals surface area contributed by atoms with E-state index < -0.39 is 0 Å². The summed E-state index contributed by atoms with van der Waals surface area (Å²) in [6.07, 6.45) is 7.26. The normalized spacial score (nSPS) is 36.3. The van der Waals surface area contributed by atoms with Crippen molar-refractivity contribution in [2.45, 2.75) is 57.3 Å². The molecule has 0 aromatic heterocycles. The summed E-state index contributed by atoms with van der Waals surface area (Å²) >= 11 is 0. The van der Waals surface area contributed by atoms with E-state index in [0.29, 0.717) is 18.2 Å². The molecule has 0 aromatic rings. The summed E-state index contributed by atoms with van der Waals surface area (Å²) in [6.45, 7) is 4.03. The number of hydrogen-bond donors (Lipinski definition) is 2. The molecule has 4 heteroatoms. The second-order valence-corrected chi connectivity index (χ2v) is 5.52. The highest BCUT2D eigenvalue weighted by Crippen LogP contribution is 2.34. The van der Waals surface area contributed by atoms with E-state index >= 15 is 0 Å². The largest absolute Gasteiger partial charge is 0.373 e. The van der Waals surface area contributed by atoms with Crippen LogP contribution in [0.5, 0.6) is 0 Å². The fourth-order valence-electron chi connectivity index (χ4n) is 2.81. The predicted molar refractivity (Wildman–Crippen MR) is 68.1 cm³/mol. The van der Waals surface area contributed by atoms with Crippen molar-refractivity contribution in [3.63, 3.8) is 0 Å². The van der Waals surface area contributed by atoms with Crippen LogP contribution in [0.3, 0.4) is 0 Å². The molecule has 2 saturated heterocycles. The van der Waals surface area contributed by atoms with Crippen molar-refractivity contribution in [3.05, 3.63) is 0 Å². The van der Waals surface area contributed by atoms with Crippen LogP contribution in [-0.4, -0.2) is 37.3 Å². The lowest BCUT2D eigenvalue weighted by molar-refractivity contribution is 0.0992. The maximum Gasteiger partial charge on any atom is 0.191 e. The quantitative estimate of drug-likeness (QED) is 0.572. The summed E-state index contributed by atoms with van der Waals surface area (Å²) in [7, 11) is 0. The lowest BCUT2D eigenvalue weighted by Crippen LogP contribution is -2.47. The fourth-order valence-corrected chi connectivity index (χ4v) is 2.81. The van der Waals surface area contributed by atoms with Gasteiger partial charge in [-0.25, -0.2) is 0 Å². The van der Waals surface area contributed by atoms with Crippen LogP contribution in [0.15, 0.2) is 4.99 Å². The van der Waals surface area contributed by atoms with E-state index in [9.17, 15) is 0 Å². The van der Waals surface area contributed by atoms with Crippen LogP contribution in [0.25, 0.3) is 0 Å². The molecule has 0 radical (unpaired) electrons. The smallest absolute Gasteiger partial charge is 0.191 e. The Labute approximate surface area is 103 Å². The molecule has 2 N–H and O–H groups in total. The predicted octanol–water partition coefficient (Wildman–Crippen LogP) is 1.27. The molecule has 0 spiro atoms. The Hall–Kier alpha value is -0.770. The monoisotopic (exact) mass is 237 g/mol. The molecule has 4 nitrogen and oxygen atoms in total. The molecule has 96 valence electrons. The molecule has 0 aromatic carbocycles. The van der Waals surface area contributed by atoms with Gasteiger partial charge in [0.1, 0.15) is 0 Å². The van der Waals surface area contributed by atoms with Gasteiger partial charge in [-0.2, -0.15) is 0 Å². The first kappa shape index (κ1) is 11.3. The average Bonchev–Trinajstić information content (AvgIpc) is 2.93. The van der Waals surface area contributed by atoms with E-state index in [4.69, 9.17) is 4.74 Å². The van der Waals surface area contributed by atoms with Crippen LogP contribution in [0.1, 0.15) is 39.0 Å². The number of hydrogen-bond acceptors (Lipinski definition) is 2. The van der Waals surface area contributed by atoms with Crippen LogP contribution in [0, 0.1) is 5.92 Å². The third-order valence-corrected chi connectivity index (χ3v) is 3.98. The molecule has 2 aliphatic heterocycles. The third kappa shape index (κ3) is 2.73. The number of nitrogens with one attached hydrogen (secondary N) is 2. The van der Waals surface area contributed by atoms with Gasteiger partial charge in [0.05, 0.1) is 18.2 Å². The Bertz CT molecular complexity index is 301. The number of rotatable bonds is 4. The first-order valence-electron chi connectivity index (χ1n) is 7.05. The molecule has 3 atom stereocenters. The second kappa shape index (κ2) is 4.84. The SMILES string of the molecule is CCNC(=NCC1CC1)NC1CC2CCC1O2. The summed E-state index contributed by atoms with van der Waals surface area (Å²) < 4.78 is 5.86. The van der Waals surface area contributed by atoms with E-state index in [1.54, 1.807) is 0 Å². The molecule has 1 aliphatic carbocycles. The molecular formula is C13H23N3O. The molecule has 3 aliphatic rings. The molecule has 2 bridgehead atoms. The number of aliphatic imine (C=N–C) groups is 1. The van der Waals surface area contributed by atoms with Crippen LogP contribution in [0.2, 0.25) is 0 Å². The van der Waals surface area contributed by atoms with E-state index in [1.165, 1.54) is 25.7 Å². The van der Waals surface area contributed by atoms with Gasteiger partial charge in [0.25, 0.3) is 0 Å². The van der Waals surface area contributed by atoms with Crippen molar-refractivity contribution < 1.29 is 4.74 Å². The van der Waals surface area contributed by atoms with Gasteiger partial charge >= 0.3 is 0 Å². The number of nitrogens with zero attached hydrogens (tertiary/aromatic N) is 1. The van der Waals surface area contributed by atoms with Crippen LogP contribution >= 0.6 is 0 Å². The van der Waals surface area contributed by atoms with E-state index in [1.807, 2.05) is 0 Å². The summed E-state index contributed by atoms with van der Waals surface area (Å²) in [5.74, 6) is 1.84. The summed E-state index contributed by atoms with van der Waals surface area (Å²) in [4.78, 5) is 4.66. The summed E-state index contributed by atoms with van der Waals surface area (Å²) in [5, 5.41) is 6.88. The highest BCUT2D eigenvalue weighted by Gasteiger charge is 2.41. The zero-order valence-corrected chi connectivity index (χ0v) is 10.6. The molecule has 1 saturated carbocycles. The lowest BCUT2D eigenvalue weighted by atomic mass is 9.96. The Morgan fingerprint density at radius 1 is 1.29 bits per heavy atom. The maximum absolute atomic E-state index is 5.86. The van der Waals surface area contributed by atoms with Crippen molar-refractivity contribution in [3.8, 4) is 0 Å². The number of fused-ring (bicyclic) bond motifs is 2. The van der Waals surface area contributed by atoms with Gasteiger partial charge in [0.2, 0.25) is 0 Å². The Morgan fingerprint density at radius 2 is 2.18 bits per heavy atom. The zero-order chi connectivity index (χ0) is 11.7. The highest BCUT2D eigenvalue weighted by atomic mass is 16.5. The Balaban J connectivity index is 1.53. The second-order valence-electron chi connectivity index (χ2n) is 5.52. The van der Waals surface area contributed by atoms with Crippen molar-refractivity contribution in [2.24, 2.45) is 10.9 Å². The van der Waals surface area contributed by atoms with Gasteiger partial charge in [-0.05, 0) is 44.9 Å². The van der Waals surface area contributed by atoms with E-state index in [2.05, 4.69) is 22.5 Å². The maximum atomic E-state index is 5.86. The standard InChI is InChI=1S/C13H23N3O/c1-2-14-13(15-8-9-3-4-9)16-11-7-10-5-6-12(11)17-10/h9-12H,2-8H2,1H3,(H2,14,15,16). The van der Waals surface area contributed by atoms with Gasteiger partial charge in [-0.1, -0.05) is 0 Å². The van der Waals surface area contributed by atoms with Gasteiger partial charge in [-0.3, -0.25) is 4.99 Å². The topological polar surface area (TPSA) is 45.7 Å². The first-order chi connectivity index (χ1) is 8.35. The van der Waals surface area contributed by atoms with Crippen molar-refractivity contribution >= 4 is 5.96 Å². The van der Waals surface area contributed by atoms with Crippen LogP contribution in [0.4, 0.5) is 0 Å². The Kier molecular flexibility index (Phi) is 3.23. The zero-order valence-electron chi connectivity index (χ0n) is 10.6. The third-order valence-electron chi connectivity index (χ3n) is 3.98. The minimum atomic E-state index is 0.421. The Morgan fingerprint density at radius 3 is 2.76 bits per heavy atom. The lowest BCUT2D eigenvalue weighted by Gasteiger charge is -2.22. The van der Waals surface area contributed by atoms with E-state index in [0.717, 1.165) is 31.4 Å². The van der Waals surface area contributed by atoms with Gasteiger partial charge in [0, 0.05) is 13.1 Å². The average molecular weight is 237 g/mol. The molecule has 2 heterocycles. The van der Waals surface area contributed by atoms with Crippen LogP contribution < -0.4 is 10.6 Å². The first-order valence-corrected chi connectivity index (χ1v) is 7.05. The van der Waals surface area contributed by atoms with Crippen molar-refractivity contribution in [2.75, 3.05) is 13.1 Å².